The summed E-state index contributed by atoms with van der Waals surface area (Å²) >= 11 is 0. The van der Waals surface area contributed by atoms with Crippen molar-refractivity contribution in [3.8, 4) is 11.5 Å². The lowest BCUT2D eigenvalue weighted by atomic mass is 9.89. The van der Waals surface area contributed by atoms with E-state index in [0.29, 0.717) is 33.3 Å². The number of hydrogen-bond acceptors (Lipinski definition) is 7. The second-order valence-electron chi connectivity index (χ2n) is 8.03. The fourth-order valence-electron chi connectivity index (χ4n) is 4.11. The van der Waals surface area contributed by atoms with Gasteiger partial charge in [-0.15, -0.1) is 13.2 Å². The number of alkyl halides is 3. The van der Waals surface area contributed by atoms with E-state index in [1.54, 1.807) is 26.0 Å². The minimum absolute atomic E-state index is 0.0309. The summed E-state index contributed by atoms with van der Waals surface area (Å²) in [5, 5.41) is 16.8. The molecule has 0 saturated heterocycles. The van der Waals surface area contributed by atoms with Gasteiger partial charge in [0.2, 0.25) is 0 Å². The molecular formula is C24H21F3N4O4. The van der Waals surface area contributed by atoms with Crippen LogP contribution in [0.3, 0.4) is 0 Å². The summed E-state index contributed by atoms with van der Waals surface area (Å²) in [5.41, 5.74) is 2.88. The summed E-state index contributed by atoms with van der Waals surface area (Å²) in [7, 11) is 1.47. The van der Waals surface area contributed by atoms with Gasteiger partial charge in [0, 0.05) is 22.4 Å². The third-order valence-corrected chi connectivity index (χ3v) is 5.52. The highest BCUT2D eigenvalue weighted by atomic mass is 19.4. The van der Waals surface area contributed by atoms with Crippen LogP contribution < -0.4 is 15.2 Å². The van der Waals surface area contributed by atoms with Crippen molar-refractivity contribution in [2.24, 2.45) is 0 Å². The molecule has 0 aliphatic heterocycles. The average molecular weight is 486 g/mol. The van der Waals surface area contributed by atoms with Gasteiger partial charge >= 0.3 is 12.1 Å². The second-order valence-corrected chi connectivity index (χ2v) is 8.03. The van der Waals surface area contributed by atoms with Gasteiger partial charge in [0.05, 0.1) is 31.3 Å². The Bertz CT molecular complexity index is 1490. The predicted octanol–water partition coefficient (Wildman–Crippen LogP) is 5.26. The zero-order valence-electron chi connectivity index (χ0n) is 19.0. The molecule has 182 valence electrons. The molecule has 8 nitrogen and oxygen atoms in total. The normalized spacial score (nSPS) is 12.6. The van der Waals surface area contributed by atoms with E-state index in [4.69, 9.17) is 20.0 Å². The molecule has 0 saturated carbocycles. The topological polar surface area (TPSA) is 114 Å². The minimum atomic E-state index is -4.80. The number of methoxy groups -OCH3 is 1. The Hall–Kier alpha value is -4.15. The molecule has 0 bridgehead atoms. The van der Waals surface area contributed by atoms with Gasteiger partial charge in [-0.05, 0) is 43.7 Å². The van der Waals surface area contributed by atoms with Crippen LogP contribution in [-0.4, -0.2) is 34.4 Å². The Morgan fingerprint density at radius 2 is 1.80 bits per heavy atom. The van der Waals surface area contributed by atoms with Crippen molar-refractivity contribution in [2.75, 3.05) is 7.11 Å². The van der Waals surface area contributed by atoms with Crippen LogP contribution in [0, 0.1) is 10.8 Å². The van der Waals surface area contributed by atoms with Gasteiger partial charge in [-0.2, -0.15) is 0 Å². The number of nitrogens with one attached hydrogen (secondary N) is 2. The third kappa shape index (κ3) is 4.75. The lowest BCUT2D eigenvalue weighted by Crippen LogP contribution is -2.17. The van der Waals surface area contributed by atoms with Crippen LogP contribution in [-0.2, 0) is 6.54 Å². The molecule has 0 unspecified atom stereocenters. The molecule has 35 heavy (non-hydrogen) atoms. The molecular weight excluding hydrogens is 465 g/mol. The number of aromatic nitrogens is 2. The van der Waals surface area contributed by atoms with E-state index >= 15 is 0 Å². The fourth-order valence-corrected chi connectivity index (χ4v) is 4.11. The van der Waals surface area contributed by atoms with Crippen molar-refractivity contribution in [3.63, 3.8) is 0 Å². The van der Waals surface area contributed by atoms with E-state index < -0.39 is 18.0 Å². The molecule has 0 atom stereocenters. The number of nitrogens with zero attached hydrogens (tertiary/aromatic N) is 2. The van der Waals surface area contributed by atoms with Crippen molar-refractivity contribution < 1.29 is 27.1 Å². The number of hydrogen-bond donors (Lipinski definition) is 2. The monoisotopic (exact) mass is 486 g/mol. The first-order valence-electron chi connectivity index (χ1n) is 10.4. The van der Waals surface area contributed by atoms with Crippen molar-refractivity contribution in [1.82, 2.24) is 9.55 Å². The Labute approximate surface area is 196 Å². The molecule has 4 aromatic rings. The number of ether oxygens (including phenoxy) is 2. The van der Waals surface area contributed by atoms with Gasteiger partial charge in [-0.3, -0.25) is 9.55 Å². The highest BCUT2D eigenvalue weighted by molar-refractivity contribution is 6.10. The Morgan fingerprint density at radius 3 is 2.37 bits per heavy atom. The summed E-state index contributed by atoms with van der Waals surface area (Å²) in [6, 6.07) is 8.61. The molecule has 2 aromatic heterocycles. The number of benzene rings is 2. The van der Waals surface area contributed by atoms with E-state index in [9.17, 15) is 18.0 Å². The number of fused-ring (bicyclic) bond motifs is 3. The van der Waals surface area contributed by atoms with Crippen LogP contribution >= 0.6 is 0 Å². The minimum Gasteiger partial charge on any atom is -0.496 e. The standard InChI is InChI=1S/C24H21F3N4O4/c1-12(28)21(13(2)29)17-8-18-16(9-19(17)33-3)22-20(10-30-18)34-23(32)31(22)11-14-4-6-15(7-5-14)35-24(25,26)27/h4-10,21,28-29H,11H2,1-3H3. The lowest BCUT2D eigenvalue weighted by molar-refractivity contribution is -0.274. The van der Waals surface area contributed by atoms with E-state index in [1.807, 2.05) is 0 Å². The van der Waals surface area contributed by atoms with E-state index in [0.717, 1.165) is 0 Å². The first kappa shape index (κ1) is 24.0. The van der Waals surface area contributed by atoms with Crippen LogP contribution in [0.1, 0.15) is 30.9 Å². The summed E-state index contributed by atoms with van der Waals surface area (Å²) in [6.07, 6.45) is -3.38. The molecule has 11 heteroatoms. The number of rotatable bonds is 7. The zero-order chi connectivity index (χ0) is 25.5. The van der Waals surface area contributed by atoms with E-state index in [2.05, 4.69) is 9.72 Å². The molecule has 2 aromatic carbocycles. The van der Waals surface area contributed by atoms with Crippen LogP contribution in [0.15, 0.2) is 51.8 Å². The van der Waals surface area contributed by atoms with Crippen molar-refractivity contribution in [3.05, 3.63) is 64.3 Å². The quantitative estimate of drug-likeness (QED) is 0.346. The smallest absolute Gasteiger partial charge is 0.496 e. The van der Waals surface area contributed by atoms with Crippen LogP contribution in [0.2, 0.25) is 0 Å². The van der Waals surface area contributed by atoms with E-state index in [1.165, 1.54) is 42.1 Å². The van der Waals surface area contributed by atoms with Crippen LogP contribution in [0.5, 0.6) is 11.5 Å². The fraction of sp³-hybridized carbons (Fsp3) is 0.250. The van der Waals surface area contributed by atoms with Crippen molar-refractivity contribution in [1.29, 1.82) is 10.8 Å². The highest BCUT2D eigenvalue weighted by Crippen LogP contribution is 2.35. The van der Waals surface area contributed by atoms with Crippen molar-refractivity contribution in [2.45, 2.75) is 32.7 Å². The summed E-state index contributed by atoms with van der Waals surface area (Å²) in [4.78, 5) is 17.0. The Balaban J connectivity index is 1.83. The van der Waals surface area contributed by atoms with Gasteiger partial charge in [0.15, 0.2) is 5.58 Å². The maximum Gasteiger partial charge on any atom is 0.573 e. The average Bonchev–Trinajstić information content (AvgIpc) is 3.08. The molecule has 0 radical (unpaired) electrons. The molecule has 4 rings (SSSR count). The van der Waals surface area contributed by atoms with Gasteiger partial charge in [-0.25, -0.2) is 4.79 Å². The first-order chi connectivity index (χ1) is 16.5. The van der Waals surface area contributed by atoms with Gasteiger partial charge in [0.1, 0.15) is 17.0 Å². The Morgan fingerprint density at radius 1 is 1.14 bits per heavy atom. The summed E-state index contributed by atoms with van der Waals surface area (Å²) < 4.78 is 53.5. The maximum atomic E-state index is 12.7. The third-order valence-electron chi connectivity index (χ3n) is 5.52. The first-order valence-corrected chi connectivity index (χ1v) is 10.4. The van der Waals surface area contributed by atoms with Gasteiger partial charge in [-0.1, -0.05) is 12.1 Å². The largest absolute Gasteiger partial charge is 0.573 e. The maximum absolute atomic E-state index is 12.7. The van der Waals surface area contributed by atoms with Gasteiger partial charge in [0.25, 0.3) is 0 Å². The molecule has 2 N–H and O–H groups in total. The predicted molar refractivity (Wildman–Crippen MR) is 124 cm³/mol. The molecule has 0 aliphatic rings. The zero-order valence-corrected chi connectivity index (χ0v) is 19.0. The number of pyridine rings is 1. The number of halogens is 3. The second kappa shape index (κ2) is 8.90. The molecule has 0 fully saturated rings. The van der Waals surface area contributed by atoms with Crippen LogP contribution in [0.4, 0.5) is 13.2 Å². The molecule has 0 amide bonds. The van der Waals surface area contributed by atoms with E-state index in [-0.39, 0.29) is 29.3 Å². The molecule has 0 aliphatic carbocycles. The lowest BCUT2D eigenvalue weighted by Gasteiger charge is -2.19. The SMILES string of the molecule is COc1cc2c(cc1C(C(C)=N)C(C)=N)ncc1oc(=O)n(Cc3ccc(OC(F)(F)F)cc3)c12. The highest BCUT2D eigenvalue weighted by Gasteiger charge is 2.31. The van der Waals surface area contributed by atoms with Gasteiger partial charge < -0.3 is 24.7 Å². The van der Waals surface area contributed by atoms with Crippen molar-refractivity contribution >= 4 is 33.4 Å². The number of oxazole rings is 1. The molecule has 2 heterocycles. The van der Waals surface area contributed by atoms with Crippen LogP contribution in [0.25, 0.3) is 22.0 Å². The molecule has 0 spiro atoms. The summed E-state index contributed by atoms with van der Waals surface area (Å²) in [6.45, 7) is 3.26. The summed E-state index contributed by atoms with van der Waals surface area (Å²) in [5.74, 6) is -1.19. The Kier molecular flexibility index (Phi) is 6.10.